The second-order valence-corrected chi connectivity index (χ2v) is 4.92. The second kappa shape index (κ2) is 3.92. The molecule has 2 rings (SSSR count). The molecule has 1 aliphatic rings. The predicted octanol–water partition coefficient (Wildman–Crippen LogP) is 1.25. The number of anilines is 1. The van der Waals surface area contributed by atoms with Crippen LogP contribution in [-0.2, 0) is 13.6 Å². The van der Waals surface area contributed by atoms with Crippen molar-refractivity contribution in [3.8, 4) is 0 Å². The average molecular weight is 230 g/mol. The Kier molecular flexibility index (Phi) is 2.77. The van der Waals surface area contributed by atoms with Crippen molar-refractivity contribution in [1.29, 1.82) is 0 Å². The minimum atomic E-state index is -3.42. The number of para-hydroxylation sites is 1. The van der Waals surface area contributed by atoms with Crippen LogP contribution in [0.4, 0.5) is 5.69 Å². The Labute approximate surface area is 86.1 Å². The second-order valence-electron chi connectivity index (χ2n) is 2.93. The van der Waals surface area contributed by atoms with E-state index in [0.29, 0.717) is 0 Å². The molecular weight excluding hydrogens is 221 g/mol. The topological polar surface area (TPSA) is 82.1 Å². The van der Waals surface area contributed by atoms with Crippen LogP contribution in [0.15, 0.2) is 24.3 Å². The quantitative estimate of drug-likeness (QED) is 0.608. The molecule has 1 N–H and O–H groups in total. The SMILES string of the molecule is O=P1(c2ccccc2N([O-])O)OCCO1. The fourth-order valence-corrected chi connectivity index (χ4v) is 3.04. The van der Waals surface area contributed by atoms with Gasteiger partial charge < -0.3 is 19.5 Å². The molecule has 1 aromatic carbocycles. The Morgan fingerprint density at radius 3 is 2.53 bits per heavy atom. The lowest BCUT2D eigenvalue weighted by molar-refractivity contribution is 0.296. The van der Waals surface area contributed by atoms with Gasteiger partial charge in [0.05, 0.1) is 24.2 Å². The summed E-state index contributed by atoms with van der Waals surface area (Å²) in [5.74, 6) is 0. The number of hydrogen-bond donors (Lipinski definition) is 1. The Balaban J connectivity index is 2.47. The molecule has 1 aromatic rings. The monoisotopic (exact) mass is 230 g/mol. The van der Waals surface area contributed by atoms with Crippen molar-refractivity contribution in [2.75, 3.05) is 18.4 Å². The largest absolute Gasteiger partial charge is 0.733 e. The zero-order chi connectivity index (χ0) is 10.9. The van der Waals surface area contributed by atoms with Gasteiger partial charge in [-0.15, -0.1) is 0 Å². The lowest BCUT2D eigenvalue weighted by atomic mass is 10.3. The number of rotatable bonds is 2. The first-order chi connectivity index (χ1) is 7.13. The molecule has 0 saturated carbocycles. The van der Waals surface area contributed by atoms with Gasteiger partial charge in [0.1, 0.15) is 0 Å². The van der Waals surface area contributed by atoms with Crippen LogP contribution in [0.25, 0.3) is 0 Å². The molecule has 0 amide bonds. The van der Waals surface area contributed by atoms with Crippen LogP contribution in [0.2, 0.25) is 0 Å². The Bertz CT molecular complexity index is 398. The number of hydrogen-bond acceptors (Lipinski definition) is 6. The van der Waals surface area contributed by atoms with E-state index >= 15 is 0 Å². The first kappa shape index (κ1) is 10.6. The van der Waals surface area contributed by atoms with Crippen molar-refractivity contribution in [1.82, 2.24) is 0 Å². The smallest absolute Gasteiger partial charge is 0.363 e. The average Bonchev–Trinajstić information content (AvgIpc) is 2.66. The number of nitrogens with zero attached hydrogens (tertiary/aromatic N) is 1. The highest BCUT2D eigenvalue weighted by Gasteiger charge is 2.34. The molecule has 15 heavy (non-hydrogen) atoms. The van der Waals surface area contributed by atoms with Gasteiger partial charge in [-0.3, -0.25) is 9.77 Å². The van der Waals surface area contributed by atoms with Gasteiger partial charge in [-0.2, -0.15) is 0 Å². The summed E-state index contributed by atoms with van der Waals surface area (Å²) in [4.78, 5) is 0. The molecule has 1 saturated heterocycles. The van der Waals surface area contributed by atoms with E-state index in [0.717, 1.165) is 0 Å². The van der Waals surface area contributed by atoms with Crippen LogP contribution in [0, 0.1) is 5.21 Å². The zero-order valence-electron chi connectivity index (χ0n) is 7.70. The summed E-state index contributed by atoms with van der Waals surface area (Å²) in [7, 11) is -3.42. The summed E-state index contributed by atoms with van der Waals surface area (Å²) in [5.41, 5.74) is -0.122. The molecule has 7 heteroatoms. The highest BCUT2D eigenvalue weighted by atomic mass is 31.2. The molecule has 1 aliphatic heterocycles. The van der Waals surface area contributed by atoms with Crippen molar-refractivity contribution < 1.29 is 18.8 Å². The molecule has 0 spiro atoms. The van der Waals surface area contributed by atoms with E-state index in [1.807, 2.05) is 0 Å². The maximum absolute atomic E-state index is 12.0. The third kappa shape index (κ3) is 1.90. The summed E-state index contributed by atoms with van der Waals surface area (Å²) in [6, 6.07) is 5.91. The van der Waals surface area contributed by atoms with Crippen LogP contribution in [0.5, 0.6) is 0 Å². The third-order valence-corrected chi connectivity index (χ3v) is 4.00. The van der Waals surface area contributed by atoms with E-state index in [4.69, 9.17) is 14.3 Å². The molecular formula is C8H9NO5P-. The fraction of sp³-hybridized carbons (Fsp3) is 0.250. The van der Waals surface area contributed by atoms with Crippen molar-refractivity contribution >= 4 is 18.6 Å². The minimum Gasteiger partial charge on any atom is -0.733 e. The van der Waals surface area contributed by atoms with Crippen LogP contribution < -0.4 is 10.5 Å². The summed E-state index contributed by atoms with van der Waals surface area (Å²) < 4.78 is 22.0. The standard InChI is InChI=1S/C8H9NO5P/c10-9(11)7-3-1-2-4-8(7)15(12)13-5-6-14-15/h1-4,10H,5-6H2/q-1. The van der Waals surface area contributed by atoms with Crippen LogP contribution in [0.3, 0.4) is 0 Å². The molecule has 1 heterocycles. The van der Waals surface area contributed by atoms with Crippen LogP contribution >= 0.6 is 7.60 Å². The maximum atomic E-state index is 12.0. The van der Waals surface area contributed by atoms with Gasteiger partial charge in [0, 0.05) is 0 Å². The molecule has 6 nitrogen and oxygen atoms in total. The van der Waals surface area contributed by atoms with E-state index in [-0.39, 0.29) is 29.4 Å². The van der Waals surface area contributed by atoms with Crippen molar-refractivity contribution in [2.45, 2.75) is 0 Å². The van der Waals surface area contributed by atoms with Crippen molar-refractivity contribution in [2.24, 2.45) is 0 Å². The lowest BCUT2D eigenvalue weighted by Gasteiger charge is -2.25. The molecule has 0 bridgehead atoms. The normalized spacial score (nSPS) is 19.1. The molecule has 0 aliphatic carbocycles. The predicted molar refractivity (Wildman–Crippen MR) is 53.2 cm³/mol. The van der Waals surface area contributed by atoms with Gasteiger partial charge in [-0.05, 0) is 12.1 Å². The number of benzene rings is 1. The van der Waals surface area contributed by atoms with E-state index in [9.17, 15) is 9.77 Å². The lowest BCUT2D eigenvalue weighted by Crippen LogP contribution is -2.18. The van der Waals surface area contributed by atoms with Crippen molar-refractivity contribution in [3.05, 3.63) is 29.5 Å². The first-order valence-electron chi connectivity index (χ1n) is 4.28. The van der Waals surface area contributed by atoms with Gasteiger partial charge in [-0.1, -0.05) is 12.1 Å². The zero-order valence-corrected chi connectivity index (χ0v) is 8.59. The summed E-state index contributed by atoms with van der Waals surface area (Å²) in [6.45, 7) is 0.436. The molecule has 0 aromatic heterocycles. The van der Waals surface area contributed by atoms with E-state index in [2.05, 4.69) is 0 Å². The van der Waals surface area contributed by atoms with E-state index < -0.39 is 7.60 Å². The van der Waals surface area contributed by atoms with Gasteiger partial charge >= 0.3 is 7.60 Å². The summed E-state index contributed by atoms with van der Waals surface area (Å²) in [5, 5.41) is 19.4. The Hall–Kier alpha value is -0.910. The molecule has 82 valence electrons. The van der Waals surface area contributed by atoms with E-state index in [1.165, 1.54) is 12.1 Å². The Morgan fingerprint density at radius 2 is 1.93 bits per heavy atom. The minimum absolute atomic E-state index is 0.0833. The highest BCUT2D eigenvalue weighted by molar-refractivity contribution is 7.62. The van der Waals surface area contributed by atoms with Crippen LogP contribution in [0.1, 0.15) is 0 Å². The van der Waals surface area contributed by atoms with Gasteiger partial charge in [0.25, 0.3) is 0 Å². The summed E-state index contributed by atoms with van der Waals surface area (Å²) >= 11 is 0. The Morgan fingerprint density at radius 1 is 1.33 bits per heavy atom. The molecule has 1 fully saturated rings. The fourth-order valence-electron chi connectivity index (χ4n) is 1.35. The molecule has 0 radical (unpaired) electrons. The van der Waals surface area contributed by atoms with Crippen molar-refractivity contribution in [3.63, 3.8) is 0 Å². The van der Waals surface area contributed by atoms with Crippen LogP contribution in [-0.4, -0.2) is 18.4 Å². The first-order valence-corrected chi connectivity index (χ1v) is 5.82. The molecule has 0 unspecified atom stereocenters. The summed E-state index contributed by atoms with van der Waals surface area (Å²) in [6.07, 6.45) is 0. The maximum Gasteiger partial charge on any atom is 0.363 e. The highest BCUT2D eigenvalue weighted by Crippen LogP contribution is 2.52. The molecule has 0 atom stereocenters. The van der Waals surface area contributed by atoms with Gasteiger partial charge in [0.2, 0.25) is 0 Å². The van der Waals surface area contributed by atoms with Gasteiger partial charge in [0.15, 0.2) is 0 Å². The van der Waals surface area contributed by atoms with E-state index in [1.54, 1.807) is 12.1 Å². The van der Waals surface area contributed by atoms with Gasteiger partial charge in [-0.25, -0.2) is 0 Å². The third-order valence-electron chi connectivity index (χ3n) is 1.99.